The molecule has 1 aromatic heterocycles. The van der Waals surface area contributed by atoms with Gasteiger partial charge in [-0.2, -0.15) is 5.10 Å². The molecule has 0 amide bonds. The Balaban J connectivity index is 2.50. The second kappa shape index (κ2) is 5.46. The summed E-state index contributed by atoms with van der Waals surface area (Å²) in [6, 6.07) is 9.33. The van der Waals surface area contributed by atoms with Crippen molar-refractivity contribution in [2.45, 2.75) is 6.54 Å². The van der Waals surface area contributed by atoms with Gasteiger partial charge in [0.2, 0.25) is 0 Å². The second-order valence-corrected chi connectivity index (χ2v) is 3.84. The molecule has 0 atom stereocenters. The lowest BCUT2D eigenvalue weighted by Gasteiger charge is -2.08. The predicted molar refractivity (Wildman–Crippen MR) is 69.6 cm³/mol. The summed E-state index contributed by atoms with van der Waals surface area (Å²) in [6.07, 6.45) is 0. The first-order chi connectivity index (χ1) is 8.76. The fourth-order valence-electron chi connectivity index (χ4n) is 1.76. The van der Waals surface area contributed by atoms with Crippen molar-refractivity contribution < 1.29 is 4.74 Å². The Morgan fingerprint density at radius 1 is 1.39 bits per heavy atom. The van der Waals surface area contributed by atoms with E-state index < -0.39 is 0 Å². The highest BCUT2D eigenvalue weighted by atomic mass is 16.5. The fraction of sp³-hybridized carbons (Fsp3) is 0.231. The van der Waals surface area contributed by atoms with Crippen LogP contribution in [0.3, 0.4) is 0 Å². The van der Waals surface area contributed by atoms with Crippen LogP contribution >= 0.6 is 0 Å². The third-order valence-electron chi connectivity index (χ3n) is 2.63. The Morgan fingerprint density at radius 3 is 2.89 bits per heavy atom. The van der Waals surface area contributed by atoms with Crippen LogP contribution < -0.4 is 15.6 Å². The van der Waals surface area contributed by atoms with Crippen molar-refractivity contribution in [2.75, 3.05) is 14.2 Å². The van der Waals surface area contributed by atoms with E-state index in [0.29, 0.717) is 17.8 Å². The molecule has 0 fully saturated rings. The number of aromatic nitrogens is 2. The maximum absolute atomic E-state index is 11.6. The number of aromatic amines is 1. The fourth-order valence-corrected chi connectivity index (χ4v) is 1.76. The number of nitrogens with one attached hydrogen (secondary N) is 2. The highest BCUT2D eigenvalue weighted by molar-refractivity contribution is 5.66. The van der Waals surface area contributed by atoms with Crippen molar-refractivity contribution in [2.24, 2.45) is 0 Å². The molecule has 0 spiro atoms. The molecule has 0 aliphatic heterocycles. The van der Waals surface area contributed by atoms with Gasteiger partial charge >= 0.3 is 0 Å². The van der Waals surface area contributed by atoms with Gasteiger partial charge in [0.1, 0.15) is 5.75 Å². The van der Waals surface area contributed by atoms with E-state index in [-0.39, 0.29) is 5.56 Å². The molecular weight excluding hydrogens is 230 g/mol. The van der Waals surface area contributed by atoms with Crippen LogP contribution in [-0.4, -0.2) is 24.4 Å². The summed E-state index contributed by atoms with van der Waals surface area (Å²) in [5, 5.41) is 9.51. The summed E-state index contributed by atoms with van der Waals surface area (Å²) < 4.78 is 5.28. The monoisotopic (exact) mass is 245 g/mol. The van der Waals surface area contributed by atoms with E-state index in [1.165, 1.54) is 0 Å². The summed E-state index contributed by atoms with van der Waals surface area (Å²) >= 11 is 0. The Hall–Kier alpha value is -2.14. The molecule has 94 valence electrons. The second-order valence-electron chi connectivity index (χ2n) is 3.84. The van der Waals surface area contributed by atoms with E-state index >= 15 is 0 Å². The quantitative estimate of drug-likeness (QED) is 0.848. The molecule has 0 bridgehead atoms. The van der Waals surface area contributed by atoms with Crippen LogP contribution in [0.2, 0.25) is 0 Å². The van der Waals surface area contributed by atoms with Gasteiger partial charge in [0.15, 0.2) is 0 Å². The van der Waals surface area contributed by atoms with E-state index in [1.807, 2.05) is 24.3 Å². The van der Waals surface area contributed by atoms with Gasteiger partial charge < -0.3 is 10.1 Å². The average Bonchev–Trinajstić information content (AvgIpc) is 2.41. The minimum Gasteiger partial charge on any atom is -0.496 e. The van der Waals surface area contributed by atoms with Crippen molar-refractivity contribution in [3.8, 4) is 17.0 Å². The van der Waals surface area contributed by atoms with Gasteiger partial charge in [0, 0.05) is 17.7 Å². The molecule has 0 aliphatic rings. The lowest BCUT2D eigenvalue weighted by Crippen LogP contribution is -2.19. The number of hydrogen-bond donors (Lipinski definition) is 2. The van der Waals surface area contributed by atoms with Crippen molar-refractivity contribution in [1.82, 2.24) is 15.5 Å². The van der Waals surface area contributed by atoms with Crippen molar-refractivity contribution in [3.05, 3.63) is 46.2 Å². The van der Waals surface area contributed by atoms with E-state index in [0.717, 1.165) is 11.3 Å². The lowest BCUT2D eigenvalue weighted by molar-refractivity contribution is 0.416. The largest absolute Gasteiger partial charge is 0.496 e. The predicted octanol–water partition coefficient (Wildman–Crippen LogP) is 1.16. The zero-order valence-corrected chi connectivity index (χ0v) is 10.4. The van der Waals surface area contributed by atoms with Gasteiger partial charge in [-0.25, -0.2) is 5.10 Å². The van der Waals surface area contributed by atoms with Crippen molar-refractivity contribution in [3.63, 3.8) is 0 Å². The van der Waals surface area contributed by atoms with E-state index in [1.54, 1.807) is 20.2 Å². The number of methoxy groups -OCH3 is 1. The highest BCUT2D eigenvalue weighted by Crippen LogP contribution is 2.27. The van der Waals surface area contributed by atoms with Gasteiger partial charge in [-0.15, -0.1) is 0 Å². The van der Waals surface area contributed by atoms with E-state index in [9.17, 15) is 4.79 Å². The van der Waals surface area contributed by atoms with Gasteiger partial charge in [-0.1, -0.05) is 12.1 Å². The number of H-pyrrole nitrogens is 1. The normalized spacial score (nSPS) is 10.3. The van der Waals surface area contributed by atoms with Gasteiger partial charge in [0.05, 0.1) is 12.8 Å². The number of rotatable bonds is 4. The average molecular weight is 245 g/mol. The zero-order valence-electron chi connectivity index (χ0n) is 10.4. The number of hydrogen-bond acceptors (Lipinski definition) is 4. The molecule has 1 aromatic carbocycles. The Labute approximate surface area is 105 Å². The van der Waals surface area contributed by atoms with E-state index in [2.05, 4.69) is 15.5 Å². The highest BCUT2D eigenvalue weighted by Gasteiger charge is 2.09. The molecule has 5 nitrogen and oxygen atoms in total. The molecule has 18 heavy (non-hydrogen) atoms. The van der Waals surface area contributed by atoms with Crippen LogP contribution in [0.15, 0.2) is 35.1 Å². The van der Waals surface area contributed by atoms with Crippen LogP contribution in [-0.2, 0) is 6.54 Å². The summed E-state index contributed by atoms with van der Waals surface area (Å²) in [5.41, 5.74) is 2.02. The molecule has 2 rings (SSSR count). The van der Waals surface area contributed by atoms with Crippen LogP contribution in [0.4, 0.5) is 0 Å². The Bertz CT molecular complexity index is 593. The van der Waals surface area contributed by atoms with Crippen molar-refractivity contribution >= 4 is 0 Å². The minimum atomic E-state index is -0.178. The summed E-state index contributed by atoms with van der Waals surface area (Å²) in [6.45, 7) is 0.500. The topological polar surface area (TPSA) is 67.0 Å². The van der Waals surface area contributed by atoms with Crippen LogP contribution in [0.1, 0.15) is 5.56 Å². The summed E-state index contributed by atoms with van der Waals surface area (Å²) in [5.74, 6) is 0.729. The molecule has 0 unspecified atom stereocenters. The van der Waals surface area contributed by atoms with Crippen LogP contribution in [0.25, 0.3) is 11.3 Å². The Morgan fingerprint density at radius 2 is 2.17 bits per heavy atom. The SMILES string of the molecule is CNCc1cc(-c2ccccc2OC)n[nH]c1=O. The summed E-state index contributed by atoms with van der Waals surface area (Å²) in [4.78, 5) is 11.6. The third kappa shape index (κ3) is 2.41. The first kappa shape index (κ1) is 12.3. The first-order valence-corrected chi connectivity index (χ1v) is 5.63. The maximum atomic E-state index is 11.6. The minimum absolute atomic E-state index is 0.178. The first-order valence-electron chi connectivity index (χ1n) is 5.63. The van der Waals surface area contributed by atoms with Gasteiger partial charge in [-0.05, 0) is 25.2 Å². The molecule has 0 saturated carbocycles. The van der Waals surface area contributed by atoms with Crippen LogP contribution in [0.5, 0.6) is 5.75 Å². The molecule has 0 aliphatic carbocycles. The van der Waals surface area contributed by atoms with Gasteiger partial charge in [-0.3, -0.25) is 4.79 Å². The van der Waals surface area contributed by atoms with Gasteiger partial charge in [0.25, 0.3) is 5.56 Å². The molecule has 0 saturated heterocycles. The van der Waals surface area contributed by atoms with E-state index in [4.69, 9.17) is 4.74 Å². The molecule has 5 heteroatoms. The zero-order chi connectivity index (χ0) is 13.0. The molecule has 1 heterocycles. The number of ether oxygens (including phenoxy) is 1. The maximum Gasteiger partial charge on any atom is 0.268 e. The Kier molecular flexibility index (Phi) is 3.74. The summed E-state index contributed by atoms with van der Waals surface area (Å²) in [7, 11) is 3.40. The lowest BCUT2D eigenvalue weighted by atomic mass is 10.1. The standard InChI is InChI=1S/C13H15N3O2/c1-14-8-9-7-11(15-16-13(9)17)10-5-3-4-6-12(10)18-2/h3-7,14H,8H2,1-2H3,(H,16,17). The number of benzene rings is 1. The number of nitrogens with zero attached hydrogens (tertiary/aromatic N) is 1. The molecule has 2 aromatic rings. The number of para-hydroxylation sites is 1. The molecular formula is C13H15N3O2. The van der Waals surface area contributed by atoms with Crippen LogP contribution in [0, 0.1) is 0 Å². The third-order valence-corrected chi connectivity index (χ3v) is 2.63. The van der Waals surface area contributed by atoms with Crippen molar-refractivity contribution in [1.29, 1.82) is 0 Å². The molecule has 0 radical (unpaired) electrons. The molecule has 2 N–H and O–H groups in total. The smallest absolute Gasteiger partial charge is 0.268 e.